The normalized spacial score (nSPS) is 20.4. The molecule has 0 saturated carbocycles. The van der Waals surface area contributed by atoms with Crippen LogP contribution in [0.15, 0.2) is 24.3 Å². The minimum absolute atomic E-state index is 0.244. The molecule has 148 valence electrons. The lowest BCUT2D eigenvalue weighted by molar-refractivity contribution is 0.279. The van der Waals surface area contributed by atoms with Crippen molar-refractivity contribution in [1.29, 1.82) is 0 Å². The molecular weight excluding hydrogens is 342 g/mol. The molecule has 0 aromatic heterocycles. The van der Waals surface area contributed by atoms with Crippen LogP contribution in [0.5, 0.6) is 0 Å². The molecule has 1 aliphatic heterocycles. The lowest BCUT2D eigenvalue weighted by Crippen LogP contribution is -2.28. The van der Waals surface area contributed by atoms with Crippen LogP contribution in [-0.4, -0.2) is 44.5 Å². The van der Waals surface area contributed by atoms with Gasteiger partial charge in [-0.1, -0.05) is 58.9 Å². The minimum Gasteiger partial charge on any atom is -0.303 e. The average Bonchev–Trinajstić information content (AvgIpc) is 3.01. The molecule has 0 spiro atoms. The van der Waals surface area contributed by atoms with Crippen molar-refractivity contribution in [3.63, 3.8) is 0 Å². The highest BCUT2D eigenvalue weighted by molar-refractivity contribution is 7.91. The van der Waals surface area contributed by atoms with Gasteiger partial charge in [-0.2, -0.15) is 0 Å². The van der Waals surface area contributed by atoms with Crippen molar-refractivity contribution < 1.29 is 8.42 Å². The van der Waals surface area contributed by atoms with E-state index in [1.807, 2.05) is 0 Å². The van der Waals surface area contributed by atoms with Crippen LogP contribution in [-0.2, 0) is 21.7 Å². The SMILES string of the molecule is CCC(C)(C)c1ccc(C[C@@H](C)CN2CC[C@H](CS(=O)(=O)CC)C2)cc1. The van der Waals surface area contributed by atoms with Gasteiger partial charge < -0.3 is 4.90 Å². The molecule has 0 bridgehead atoms. The molecule has 1 aliphatic rings. The summed E-state index contributed by atoms with van der Waals surface area (Å²) >= 11 is 0. The van der Waals surface area contributed by atoms with E-state index in [1.165, 1.54) is 11.1 Å². The van der Waals surface area contributed by atoms with E-state index in [-0.39, 0.29) is 11.2 Å². The summed E-state index contributed by atoms with van der Waals surface area (Å²) in [5.74, 6) is 1.54. The number of hydrogen-bond acceptors (Lipinski definition) is 3. The summed E-state index contributed by atoms with van der Waals surface area (Å²) in [6.07, 6.45) is 3.25. The Balaban J connectivity index is 1.83. The van der Waals surface area contributed by atoms with Gasteiger partial charge in [0.2, 0.25) is 0 Å². The molecule has 1 saturated heterocycles. The molecule has 1 aromatic carbocycles. The fraction of sp³-hybridized carbons (Fsp3) is 0.727. The fourth-order valence-electron chi connectivity index (χ4n) is 3.90. The molecule has 1 fully saturated rings. The third-order valence-electron chi connectivity index (χ3n) is 6.07. The topological polar surface area (TPSA) is 37.4 Å². The summed E-state index contributed by atoms with van der Waals surface area (Å²) in [6.45, 7) is 13.9. The van der Waals surface area contributed by atoms with Gasteiger partial charge in [0.25, 0.3) is 0 Å². The molecule has 0 N–H and O–H groups in total. The van der Waals surface area contributed by atoms with E-state index in [2.05, 4.69) is 56.9 Å². The van der Waals surface area contributed by atoms with Crippen LogP contribution in [0, 0.1) is 11.8 Å². The van der Waals surface area contributed by atoms with E-state index in [1.54, 1.807) is 6.92 Å². The van der Waals surface area contributed by atoms with Crippen LogP contribution in [0.25, 0.3) is 0 Å². The molecule has 3 nitrogen and oxygen atoms in total. The van der Waals surface area contributed by atoms with Crippen molar-refractivity contribution in [2.45, 2.75) is 59.3 Å². The fourth-order valence-corrected chi connectivity index (χ4v) is 5.12. The van der Waals surface area contributed by atoms with Gasteiger partial charge in [0.15, 0.2) is 0 Å². The zero-order chi connectivity index (χ0) is 19.4. The highest BCUT2D eigenvalue weighted by Crippen LogP contribution is 2.27. The molecule has 0 amide bonds. The Morgan fingerprint density at radius 2 is 1.85 bits per heavy atom. The standard InChI is InChI=1S/C22H37NO2S/c1-6-22(4,5)21-10-8-19(9-11-21)14-18(3)15-23-13-12-20(16-23)17-26(24,25)7-2/h8-11,18,20H,6-7,12-17H2,1-5H3/t18-,20+/m1/s1. The van der Waals surface area contributed by atoms with Crippen molar-refractivity contribution in [1.82, 2.24) is 4.90 Å². The molecule has 2 atom stereocenters. The largest absolute Gasteiger partial charge is 0.303 e. The van der Waals surface area contributed by atoms with Gasteiger partial charge >= 0.3 is 0 Å². The van der Waals surface area contributed by atoms with Crippen LogP contribution >= 0.6 is 0 Å². The van der Waals surface area contributed by atoms with Gasteiger partial charge in [-0.25, -0.2) is 8.42 Å². The van der Waals surface area contributed by atoms with Crippen molar-refractivity contribution in [3.8, 4) is 0 Å². The van der Waals surface area contributed by atoms with Gasteiger partial charge in [-0.3, -0.25) is 0 Å². The maximum absolute atomic E-state index is 11.8. The first-order valence-corrected chi connectivity index (χ1v) is 12.0. The maximum atomic E-state index is 11.8. The molecule has 1 aromatic rings. The summed E-state index contributed by atoms with van der Waals surface area (Å²) in [7, 11) is -2.85. The molecule has 1 heterocycles. The molecular formula is C22H37NO2S. The van der Waals surface area contributed by atoms with Gasteiger partial charge in [-0.05, 0) is 54.2 Å². The van der Waals surface area contributed by atoms with E-state index in [0.717, 1.165) is 38.9 Å². The average molecular weight is 380 g/mol. The summed E-state index contributed by atoms with van der Waals surface area (Å²) in [5.41, 5.74) is 3.06. The van der Waals surface area contributed by atoms with Crippen LogP contribution < -0.4 is 0 Å². The highest BCUT2D eigenvalue weighted by Gasteiger charge is 2.27. The number of hydrogen-bond donors (Lipinski definition) is 0. The number of likely N-dealkylation sites (tertiary alicyclic amines) is 1. The zero-order valence-corrected chi connectivity index (χ0v) is 18.1. The first-order valence-electron chi connectivity index (χ1n) is 10.2. The quantitative estimate of drug-likeness (QED) is 0.641. The van der Waals surface area contributed by atoms with Gasteiger partial charge in [0, 0.05) is 18.8 Å². The Morgan fingerprint density at radius 1 is 1.19 bits per heavy atom. The number of rotatable bonds is 9. The Morgan fingerprint density at radius 3 is 2.42 bits per heavy atom. The van der Waals surface area contributed by atoms with Crippen LogP contribution in [0.2, 0.25) is 0 Å². The third kappa shape index (κ3) is 6.09. The second-order valence-corrected chi connectivity index (χ2v) is 11.3. The monoisotopic (exact) mass is 379 g/mol. The smallest absolute Gasteiger partial charge is 0.150 e. The second kappa shape index (κ2) is 8.88. The maximum Gasteiger partial charge on any atom is 0.150 e. The lowest BCUT2D eigenvalue weighted by Gasteiger charge is -2.24. The summed E-state index contributed by atoms with van der Waals surface area (Å²) in [4.78, 5) is 2.45. The molecule has 0 aliphatic carbocycles. The van der Waals surface area contributed by atoms with Gasteiger partial charge in [-0.15, -0.1) is 0 Å². The Kier molecular flexibility index (Phi) is 7.32. The van der Waals surface area contributed by atoms with E-state index >= 15 is 0 Å². The van der Waals surface area contributed by atoms with Gasteiger partial charge in [0.05, 0.1) is 5.75 Å². The third-order valence-corrected chi connectivity index (χ3v) is 7.93. The van der Waals surface area contributed by atoms with Crippen LogP contribution in [0.4, 0.5) is 0 Å². The minimum atomic E-state index is -2.85. The predicted octanol–water partition coefficient (Wildman–Crippen LogP) is 4.31. The molecule has 2 rings (SSSR count). The predicted molar refractivity (Wildman–Crippen MR) is 112 cm³/mol. The second-order valence-electron chi connectivity index (χ2n) is 8.86. The van der Waals surface area contributed by atoms with Gasteiger partial charge in [0.1, 0.15) is 9.84 Å². The van der Waals surface area contributed by atoms with Crippen molar-refractivity contribution >= 4 is 9.84 Å². The van der Waals surface area contributed by atoms with Crippen molar-refractivity contribution in [2.24, 2.45) is 11.8 Å². The summed E-state index contributed by atoms with van der Waals surface area (Å²) in [5, 5.41) is 0. The van der Waals surface area contributed by atoms with Crippen molar-refractivity contribution in [2.75, 3.05) is 31.1 Å². The Labute approximate surface area is 161 Å². The summed E-state index contributed by atoms with van der Waals surface area (Å²) in [6, 6.07) is 9.13. The van der Waals surface area contributed by atoms with Crippen LogP contribution in [0.1, 0.15) is 58.6 Å². The Bertz CT molecular complexity index is 664. The molecule has 0 unspecified atom stereocenters. The van der Waals surface area contributed by atoms with E-state index < -0.39 is 9.84 Å². The molecule has 4 heteroatoms. The molecule has 0 radical (unpaired) electrons. The first kappa shape index (κ1) is 21.4. The van der Waals surface area contributed by atoms with E-state index in [0.29, 0.717) is 17.6 Å². The van der Waals surface area contributed by atoms with E-state index in [4.69, 9.17) is 0 Å². The first-order chi connectivity index (χ1) is 12.1. The zero-order valence-electron chi connectivity index (χ0n) is 17.3. The number of benzene rings is 1. The highest BCUT2D eigenvalue weighted by atomic mass is 32.2. The Hall–Kier alpha value is -0.870. The molecule has 26 heavy (non-hydrogen) atoms. The van der Waals surface area contributed by atoms with E-state index in [9.17, 15) is 8.42 Å². The number of sulfone groups is 1. The summed E-state index contributed by atoms with van der Waals surface area (Å²) < 4.78 is 23.7. The van der Waals surface area contributed by atoms with Crippen LogP contribution in [0.3, 0.4) is 0 Å². The number of nitrogens with zero attached hydrogens (tertiary/aromatic N) is 1. The lowest BCUT2D eigenvalue weighted by atomic mass is 9.82. The van der Waals surface area contributed by atoms with Crippen molar-refractivity contribution in [3.05, 3.63) is 35.4 Å².